The molecule has 1 N–H and O–H groups in total. The van der Waals surface area contributed by atoms with E-state index in [2.05, 4.69) is 46.0 Å². The molecule has 7 heteroatoms. The molecule has 7 nitrogen and oxygen atoms in total. The van der Waals surface area contributed by atoms with E-state index >= 15 is 0 Å². The molecule has 186 valence electrons. The summed E-state index contributed by atoms with van der Waals surface area (Å²) >= 11 is 0. The van der Waals surface area contributed by atoms with Crippen LogP contribution >= 0.6 is 0 Å². The van der Waals surface area contributed by atoms with Crippen molar-refractivity contribution in [2.24, 2.45) is 0 Å². The molecule has 35 heavy (non-hydrogen) atoms. The fourth-order valence-electron chi connectivity index (χ4n) is 4.64. The van der Waals surface area contributed by atoms with E-state index in [1.54, 1.807) is 7.11 Å². The summed E-state index contributed by atoms with van der Waals surface area (Å²) < 4.78 is 5.28. The van der Waals surface area contributed by atoms with Gasteiger partial charge in [-0.05, 0) is 62.5 Å². The molecule has 1 amide bonds. The third-order valence-corrected chi connectivity index (χ3v) is 6.82. The van der Waals surface area contributed by atoms with Crippen molar-refractivity contribution in [3.05, 3.63) is 60.2 Å². The number of aromatic nitrogens is 1. The van der Waals surface area contributed by atoms with Crippen molar-refractivity contribution >= 4 is 28.3 Å². The van der Waals surface area contributed by atoms with E-state index in [-0.39, 0.29) is 5.91 Å². The molecule has 0 unspecified atom stereocenters. The van der Waals surface area contributed by atoms with E-state index < -0.39 is 0 Å². The molecule has 0 radical (unpaired) electrons. The van der Waals surface area contributed by atoms with E-state index in [4.69, 9.17) is 9.72 Å². The van der Waals surface area contributed by atoms with Gasteiger partial charge in [0.2, 0.25) is 0 Å². The summed E-state index contributed by atoms with van der Waals surface area (Å²) in [6.45, 7) is 11.6. The van der Waals surface area contributed by atoms with Crippen molar-refractivity contribution in [2.75, 3.05) is 69.3 Å². The number of nitrogens with zero attached hydrogens (tertiary/aromatic N) is 4. The van der Waals surface area contributed by atoms with Crippen molar-refractivity contribution in [3.63, 3.8) is 0 Å². The fourth-order valence-corrected chi connectivity index (χ4v) is 4.64. The van der Waals surface area contributed by atoms with Crippen molar-refractivity contribution in [1.82, 2.24) is 15.2 Å². The van der Waals surface area contributed by atoms with E-state index in [0.717, 1.165) is 74.7 Å². The first kappa shape index (κ1) is 24.8. The number of methoxy groups -OCH3 is 1. The highest BCUT2D eigenvalue weighted by Gasteiger charge is 2.21. The highest BCUT2D eigenvalue weighted by molar-refractivity contribution is 6.07. The SMILES string of the molecule is CCN(CC)CCCNC(=O)c1cc(N2CCN(c3ccc(OC)cc3)CC2)nc2ccccc12. The second kappa shape index (κ2) is 11.9. The Morgan fingerprint density at radius 3 is 2.37 bits per heavy atom. The van der Waals surface area contributed by atoms with Gasteiger partial charge >= 0.3 is 0 Å². The Bertz CT molecular complexity index is 1110. The zero-order chi connectivity index (χ0) is 24.6. The number of hydrogen-bond acceptors (Lipinski definition) is 6. The van der Waals surface area contributed by atoms with Gasteiger partial charge in [0.15, 0.2) is 0 Å². The molecule has 1 saturated heterocycles. The first-order chi connectivity index (χ1) is 17.1. The molecule has 2 heterocycles. The first-order valence-electron chi connectivity index (χ1n) is 12.7. The minimum atomic E-state index is -0.0266. The Labute approximate surface area is 208 Å². The summed E-state index contributed by atoms with van der Waals surface area (Å²) in [4.78, 5) is 25.1. The van der Waals surface area contributed by atoms with Crippen LogP contribution in [-0.4, -0.2) is 75.3 Å². The van der Waals surface area contributed by atoms with Gasteiger partial charge in [0.25, 0.3) is 5.91 Å². The Hall–Kier alpha value is -3.32. The van der Waals surface area contributed by atoms with Crippen LogP contribution in [0.15, 0.2) is 54.6 Å². The summed E-state index contributed by atoms with van der Waals surface area (Å²) in [6.07, 6.45) is 0.941. The number of nitrogens with one attached hydrogen (secondary N) is 1. The number of carbonyl (C=O) groups is 1. The molecular weight excluding hydrogens is 438 g/mol. The topological polar surface area (TPSA) is 60.9 Å². The summed E-state index contributed by atoms with van der Waals surface area (Å²) in [5, 5.41) is 4.03. The van der Waals surface area contributed by atoms with Gasteiger partial charge in [-0.25, -0.2) is 4.98 Å². The van der Waals surface area contributed by atoms with E-state index in [1.165, 1.54) is 5.69 Å². The second-order valence-corrected chi connectivity index (χ2v) is 8.85. The summed E-state index contributed by atoms with van der Waals surface area (Å²) in [6, 6.07) is 18.1. The number of piperazine rings is 1. The normalized spacial score (nSPS) is 13.9. The molecule has 0 saturated carbocycles. The van der Waals surface area contributed by atoms with Crippen LogP contribution in [0.3, 0.4) is 0 Å². The molecular formula is C28H37N5O2. The number of fused-ring (bicyclic) bond motifs is 1. The first-order valence-corrected chi connectivity index (χ1v) is 12.7. The van der Waals surface area contributed by atoms with Gasteiger partial charge in [-0.2, -0.15) is 0 Å². The number of para-hydroxylation sites is 1. The van der Waals surface area contributed by atoms with Crippen LogP contribution in [-0.2, 0) is 0 Å². The number of ether oxygens (including phenoxy) is 1. The third kappa shape index (κ3) is 6.03. The molecule has 0 bridgehead atoms. The van der Waals surface area contributed by atoms with Crippen LogP contribution in [0.2, 0.25) is 0 Å². The Balaban J connectivity index is 1.44. The zero-order valence-electron chi connectivity index (χ0n) is 21.2. The maximum absolute atomic E-state index is 13.2. The highest BCUT2D eigenvalue weighted by Crippen LogP contribution is 2.26. The minimum absolute atomic E-state index is 0.0266. The van der Waals surface area contributed by atoms with E-state index in [0.29, 0.717) is 12.1 Å². The third-order valence-electron chi connectivity index (χ3n) is 6.82. The van der Waals surface area contributed by atoms with E-state index in [9.17, 15) is 4.79 Å². The van der Waals surface area contributed by atoms with Crippen molar-refractivity contribution in [3.8, 4) is 5.75 Å². The Morgan fingerprint density at radius 1 is 1.00 bits per heavy atom. The number of amides is 1. The van der Waals surface area contributed by atoms with Gasteiger partial charge in [0.05, 0.1) is 18.2 Å². The lowest BCUT2D eigenvalue weighted by Gasteiger charge is -2.37. The quantitative estimate of drug-likeness (QED) is 0.447. The lowest BCUT2D eigenvalue weighted by molar-refractivity contribution is 0.0953. The molecule has 4 rings (SSSR count). The predicted molar refractivity (Wildman–Crippen MR) is 144 cm³/mol. The van der Waals surface area contributed by atoms with Crippen LogP contribution in [0, 0.1) is 0 Å². The summed E-state index contributed by atoms with van der Waals surface area (Å²) in [5.74, 6) is 1.71. The maximum Gasteiger partial charge on any atom is 0.252 e. The largest absolute Gasteiger partial charge is 0.497 e. The van der Waals surface area contributed by atoms with Gasteiger partial charge in [-0.1, -0.05) is 32.0 Å². The van der Waals surface area contributed by atoms with Gasteiger partial charge in [0, 0.05) is 43.8 Å². The maximum atomic E-state index is 13.2. The van der Waals surface area contributed by atoms with Crippen LogP contribution in [0.1, 0.15) is 30.6 Å². The lowest BCUT2D eigenvalue weighted by Crippen LogP contribution is -2.47. The molecule has 1 fully saturated rings. The smallest absolute Gasteiger partial charge is 0.252 e. The fraction of sp³-hybridized carbons (Fsp3) is 0.429. The predicted octanol–water partition coefficient (Wildman–Crippen LogP) is 4.03. The Kier molecular flexibility index (Phi) is 8.42. The number of rotatable bonds is 10. The van der Waals surface area contributed by atoms with Crippen molar-refractivity contribution in [1.29, 1.82) is 0 Å². The Morgan fingerprint density at radius 2 is 1.69 bits per heavy atom. The minimum Gasteiger partial charge on any atom is -0.497 e. The molecule has 0 atom stereocenters. The summed E-state index contributed by atoms with van der Waals surface area (Å²) in [5.41, 5.74) is 2.75. The van der Waals surface area contributed by atoms with E-state index in [1.807, 2.05) is 42.5 Å². The van der Waals surface area contributed by atoms with Crippen LogP contribution in [0.25, 0.3) is 10.9 Å². The lowest BCUT2D eigenvalue weighted by atomic mass is 10.1. The average Bonchev–Trinajstić information content (AvgIpc) is 2.92. The van der Waals surface area contributed by atoms with Gasteiger partial charge in [-0.15, -0.1) is 0 Å². The number of pyridine rings is 1. The second-order valence-electron chi connectivity index (χ2n) is 8.85. The standard InChI is InChI=1S/C28H37N5O2/c1-4-31(5-2)16-8-15-29-28(34)25-21-27(30-26-10-7-6-9-24(25)26)33-19-17-32(18-20-33)22-11-13-23(35-3)14-12-22/h6-7,9-14,21H,4-5,8,15-20H2,1-3H3,(H,29,34). The average molecular weight is 476 g/mol. The van der Waals surface area contributed by atoms with Crippen LogP contribution in [0.4, 0.5) is 11.5 Å². The zero-order valence-corrected chi connectivity index (χ0v) is 21.2. The molecule has 0 spiro atoms. The molecule has 1 aliphatic rings. The number of anilines is 2. The summed E-state index contributed by atoms with van der Waals surface area (Å²) in [7, 11) is 1.69. The van der Waals surface area contributed by atoms with Crippen molar-refractivity contribution in [2.45, 2.75) is 20.3 Å². The number of hydrogen-bond donors (Lipinski definition) is 1. The van der Waals surface area contributed by atoms with Crippen molar-refractivity contribution < 1.29 is 9.53 Å². The van der Waals surface area contributed by atoms with Gasteiger partial charge in [-0.3, -0.25) is 4.79 Å². The highest BCUT2D eigenvalue weighted by atomic mass is 16.5. The molecule has 1 aromatic heterocycles. The van der Waals surface area contributed by atoms with Gasteiger partial charge < -0.3 is 24.8 Å². The monoisotopic (exact) mass is 475 g/mol. The van der Waals surface area contributed by atoms with Crippen LogP contribution < -0.4 is 19.9 Å². The van der Waals surface area contributed by atoms with Gasteiger partial charge in [0.1, 0.15) is 11.6 Å². The molecule has 0 aliphatic carbocycles. The molecule has 2 aromatic carbocycles. The number of carbonyl (C=O) groups excluding carboxylic acids is 1. The molecule has 3 aromatic rings. The van der Waals surface area contributed by atoms with Crippen LogP contribution in [0.5, 0.6) is 5.75 Å². The molecule has 1 aliphatic heterocycles. The number of benzene rings is 2.